The van der Waals surface area contributed by atoms with E-state index >= 15 is 0 Å². The van der Waals surface area contributed by atoms with Gasteiger partial charge in [0.2, 0.25) is 0 Å². The molecule has 3 rings (SSSR count). The number of aryl methyl sites for hydroxylation is 1. The Morgan fingerprint density at radius 1 is 1.22 bits per heavy atom. The third-order valence-electron chi connectivity index (χ3n) is 5.35. The molecule has 3 atom stereocenters. The second kappa shape index (κ2) is 7.16. The number of anilines is 1. The molecule has 1 N–H and O–H groups in total. The molecule has 4 heteroatoms. The quantitative estimate of drug-likeness (QED) is 0.817. The summed E-state index contributed by atoms with van der Waals surface area (Å²) in [6, 6.07) is 7.68. The predicted molar refractivity (Wildman–Crippen MR) is 89.0 cm³/mol. The molecule has 0 heterocycles. The normalized spacial score (nSPS) is 25.3. The van der Waals surface area contributed by atoms with Crippen molar-refractivity contribution in [1.29, 1.82) is 0 Å². The molecule has 0 saturated heterocycles. The molecule has 1 amide bonds. The van der Waals surface area contributed by atoms with Crippen LogP contribution in [0.3, 0.4) is 0 Å². The molecule has 1 aromatic carbocycles. The van der Waals surface area contributed by atoms with E-state index in [0.29, 0.717) is 18.3 Å². The zero-order chi connectivity index (χ0) is 16.2. The summed E-state index contributed by atoms with van der Waals surface area (Å²) >= 11 is 0. The zero-order valence-electron chi connectivity index (χ0n) is 13.7. The third-order valence-corrected chi connectivity index (χ3v) is 5.35. The van der Waals surface area contributed by atoms with Crippen molar-refractivity contribution >= 4 is 17.6 Å². The number of esters is 1. The van der Waals surface area contributed by atoms with Crippen molar-refractivity contribution in [2.75, 3.05) is 11.9 Å². The molecular formula is C19H25NO3. The van der Waals surface area contributed by atoms with Gasteiger partial charge in [0.15, 0.2) is 6.61 Å². The fourth-order valence-electron chi connectivity index (χ4n) is 4.18. The summed E-state index contributed by atoms with van der Waals surface area (Å²) in [7, 11) is 0. The minimum Gasteiger partial charge on any atom is -0.456 e. The molecule has 23 heavy (non-hydrogen) atoms. The summed E-state index contributed by atoms with van der Waals surface area (Å²) in [5.74, 6) is 1.50. The molecule has 2 aliphatic rings. The van der Waals surface area contributed by atoms with Gasteiger partial charge in [-0.25, -0.2) is 0 Å². The molecule has 0 radical (unpaired) electrons. The lowest BCUT2D eigenvalue weighted by Crippen LogP contribution is -2.23. The van der Waals surface area contributed by atoms with Crippen LogP contribution in [0.25, 0.3) is 0 Å². The van der Waals surface area contributed by atoms with E-state index in [0.717, 1.165) is 30.0 Å². The Morgan fingerprint density at radius 3 is 2.74 bits per heavy atom. The first kappa shape index (κ1) is 16.0. The molecular weight excluding hydrogens is 290 g/mol. The van der Waals surface area contributed by atoms with Gasteiger partial charge in [0.1, 0.15) is 0 Å². The smallest absolute Gasteiger partial charge is 0.306 e. The van der Waals surface area contributed by atoms with Gasteiger partial charge in [-0.1, -0.05) is 31.5 Å². The summed E-state index contributed by atoms with van der Waals surface area (Å²) in [4.78, 5) is 23.9. The second-order valence-corrected chi connectivity index (χ2v) is 6.86. The maximum atomic E-state index is 12.0. The number of hydrogen-bond donors (Lipinski definition) is 1. The van der Waals surface area contributed by atoms with E-state index in [1.165, 1.54) is 19.3 Å². The highest BCUT2D eigenvalue weighted by molar-refractivity contribution is 5.93. The second-order valence-electron chi connectivity index (χ2n) is 6.86. The van der Waals surface area contributed by atoms with Crippen LogP contribution in [-0.2, 0) is 20.7 Å². The fourth-order valence-corrected chi connectivity index (χ4v) is 4.18. The van der Waals surface area contributed by atoms with Crippen LogP contribution in [0.15, 0.2) is 24.3 Å². The van der Waals surface area contributed by atoms with Crippen LogP contribution >= 0.6 is 0 Å². The molecule has 0 aromatic heterocycles. The van der Waals surface area contributed by atoms with Crippen molar-refractivity contribution in [3.8, 4) is 0 Å². The maximum Gasteiger partial charge on any atom is 0.306 e. The first-order valence-corrected chi connectivity index (χ1v) is 8.69. The number of carbonyl (C=O) groups is 2. The lowest BCUT2D eigenvalue weighted by atomic mass is 9.86. The Morgan fingerprint density at radius 2 is 2.04 bits per heavy atom. The lowest BCUT2D eigenvalue weighted by molar-refractivity contribution is -0.148. The number of para-hydroxylation sites is 1. The molecule has 0 aliphatic heterocycles. The Kier molecular flexibility index (Phi) is 4.99. The highest BCUT2D eigenvalue weighted by Crippen LogP contribution is 2.49. The molecule has 1 aromatic rings. The highest BCUT2D eigenvalue weighted by Gasteiger charge is 2.40. The summed E-state index contributed by atoms with van der Waals surface area (Å²) in [6.45, 7) is 1.85. The molecule has 0 unspecified atom stereocenters. The van der Waals surface area contributed by atoms with Crippen molar-refractivity contribution < 1.29 is 14.3 Å². The molecule has 2 saturated carbocycles. The minimum atomic E-state index is -0.271. The van der Waals surface area contributed by atoms with Gasteiger partial charge in [0.05, 0.1) is 0 Å². The summed E-state index contributed by atoms with van der Waals surface area (Å²) in [5, 5.41) is 2.82. The monoisotopic (exact) mass is 315 g/mol. The SMILES string of the molecule is CCc1ccccc1NC(=O)COC(=O)C[C@@H]1C[C@H]2CC[C@@H]1C2. The molecule has 2 aliphatic carbocycles. The predicted octanol–water partition coefficient (Wildman–Crippen LogP) is 3.56. The van der Waals surface area contributed by atoms with Gasteiger partial charge in [-0.15, -0.1) is 0 Å². The van der Waals surface area contributed by atoms with Gasteiger partial charge in [-0.05, 0) is 55.1 Å². The number of fused-ring (bicyclic) bond motifs is 2. The van der Waals surface area contributed by atoms with E-state index in [2.05, 4.69) is 5.32 Å². The van der Waals surface area contributed by atoms with Crippen molar-refractivity contribution in [3.63, 3.8) is 0 Å². The first-order chi connectivity index (χ1) is 11.2. The van der Waals surface area contributed by atoms with Gasteiger partial charge >= 0.3 is 5.97 Å². The minimum absolute atomic E-state index is 0.197. The van der Waals surface area contributed by atoms with E-state index in [1.807, 2.05) is 31.2 Å². The largest absolute Gasteiger partial charge is 0.456 e. The average molecular weight is 315 g/mol. The highest BCUT2D eigenvalue weighted by atomic mass is 16.5. The van der Waals surface area contributed by atoms with E-state index in [4.69, 9.17) is 4.74 Å². The Balaban J connectivity index is 1.42. The van der Waals surface area contributed by atoms with Crippen LogP contribution in [-0.4, -0.2) is 18.5 Å². The van der Waals surface area contributed by atoms with Gasteiger partial charge in [-0.2, -0.15) is 0 Å². The first-order valence-electron chi connectivity index (χ1n) is 8.69. The Bertz CT molecular complexity index is 584. The van der Waals surface area contributed by atoms with E-state index in [9.17, 15) is 9.59 Å². The molecule has 124 valence electrons. The number of ether oxygens (including phenoxy) is 1. The molecule has 4 nitrogen and oxygen atoms in total. The van der Waals surface area contributed by atoms with Crippen LogP contribution < -0.4 is 5.32 Å². The van der Waals surface area contributed by atoms with Crippen molar-refractivity contribution in [1.82, 2.24) is 0 Å². The lowest BCUT2D eigenvalue weighted by Gasteiger charge is -2.20. The number of benzene rings is 1. The van der Waals surface area contributed by atoms with E-state index in [-0.39, 0.29) is 18.5 Å². The van der Waals surface area contributed by atoms with Crippen molar-refractivity contribution in [3.05, 3.63) is 29.8 Å². The van der Waals surface area contributed by atoms with E-state index in [1.54, 1.807) is 0 Å². The van der Waals surface area contributed by atoms with Gasteiger partial charge in [-0.3, -0.25) is 9.59 Å². The average Bonchev–Trinajstić information content (AvgIpc) is 3.16. The van der Waals surface area contributed by atoms with E-state index < -0.39 is 0 Å². The van der Waals surface area contributed by atoms with Crippen LogP contribution in [0, 0.1) is 17.8 Å². The van der Waals surface area contributed by atoms with Gasteiger partial charge in [0.25, 0.3) is 5.91 Å². The Hall–Kier alpha value is -1.84. The van der Waals surface area contributed by atoms with Gasteiger partial charge in [0, 0.05) is 12.1 Å². The summed E-state index contributed by atoms with van der Waals surface area (Å²) in [5.41, 5.74) is 1.87. The molecule has 0 spiro atoms. The van der Waals surface area contributed by atoms with Crippen molar-refractivity contribution in [2.24, 2.45) is 17.8 Å². The Labute approximate surface area is 137 Å². The number of hydrogen-bond acceptors (Lipinski definition) is 3. The van der Waals surface area contributed by atoms with Crippen LogP contribution in [0.1, 0.15) is 44.6 Å². The summed E-state index contributed by atoms with van der Waals surface area (Å²) in [6.07, 6.45) is 6.36. The number of rotatable bonds is 6. The molecule has 2 fully saturated rings. The molecule has 2 bridgehead atoms. The zero-order valence-corrected chi connectivity index (χ0v) is 13.7. The number of nitrogens with one attached hydrogen (secondary N) is 1. The summed E-state index contributed by atoms with van der Waals surface area (Å²) < 4.78 is 5.17. The number of carbonyl (C=O) groups excluding carboxylic acids is 2. The van der Waals surface area contributed by atoms with Crippen LogP contribution in [0.5, 0.6) is 0 Å². The number of amides is 1. The maximum absolute atomic E-state index is 12.0. The van der Waals surface area contributed by atoms with Gasteiger partial charge < -0.3 is 10.1 Å². The topological polar surface area (TPSA) is 55.4 Å². The third kappa shape index (κ3) is 3.92. The standard InChI is InChI=1S/C19H25NO3/c1-2-14-5-3-4-6-17(14)20-18(21)12-23-19(22)11-16-10-13-7-8-15(16)9-13/h3-6,13,15-16H,2,7-12H2,1H3,(H,20,21)/t13-,15+,16-/m0/s1. The van der Waals surface area contributed by atoms with Crippen molar-refractivity contribution in [2.45, 2.75) is 45.4 Å². The van der Waals surface area contributed by atoms with Crippen LogP contribution in [0.2, 0.25) is 0 Å². The van der Waals surface area contributed by atoms with Crippen LogP contribution in [0.4, 0.5) is 5.69 Å². The fraction of sp³-hybridized carbons (Fsp3) is 0.579.